The minimum atomic E-state index is -0.0851. The van der Waals surface area contributed by atoms with Crippen LogP contribution in [-0.4, -0.2) is 26.1 Å². The molecule has 0 radical (unpaired) electrons. The first-order chi connectivity index (χ1) is 8.88. The molecular formula is C15H22O3. The van der Waals surface area contributed by atoms with E-state index in [1.165, 1.54) is 12.0 Å². The monoisotopic (exact) mass is 250 g/mol. The van der Waals surface area contributed by atoms with Crippen LogP contribution in [0.25, 0.3) is 0 Å². The molecule has 1 aliphatic rings. The smallest absolute Gasteiger partial charge is 0.160 e. The number of aryl methyl sites for hydroxylation is 1. The summed E-state index contributed by atoms with van der Waals surface area (Å²) >= 11 is 0. The Hall–Kier alpha value is -1.06. The van der Waals surface area contributed by atoms with Crippen LogP contribution < -0.4 is 4.74 Å². The predicted octanol–water partition coefficient (Wildman–Crippen LogP) is 3.17. The van der Waals surface area contributed by atoms with E-state index in [-0.39, 0.29) is 6.29 Å². The highest BCUT2D eigenvalue weighted by Gasteiger charge is 2.13. The number of rotatable bonds is 6. The maximum Gasteiger partial charge on any atom is 0.160 e. The Labute approximate surface area is 109 Å². The van der Waals surface area contributed by atoms with Gasteiger partial charge in [0.25, 0.3) is 0 Å². The second kappa shape index (κ2) is 7.39. The van der Waals surface area contributed by atoms with E-state index >= 15 is 0 Å². The molecule has 0 aromatic heterocycles. The van der Waals surface area contributed by atoms with Crippen LogP contribution in [0, 0.1) is 0 Å². The highest BCUT2D eigenvalue weighted by molar-refractivity contribution is 5.27. The van der Waals surface area contributed by atoms with E-state index in [2.05, 4.69) is 19.1 Å². The van der Waals surface area contributed by atoms with E-state index in [9.17, 15) is 0 Å². The van der Waals surface area contributed by atoms with Gasteiger partial charge in [0.15, 0.2) is 6.29 Å². The first-order valence-corrected chi connectivity index (χ1v) is 6.83. The maximum atomic E-state index is 5.68. The van der Waals surface area contributed by atoms with Gasteiger partial charge >= 0.3 is 0 Å². The molecular weight excluding hydrogens is 228 g/mol. The molecule has 100 valence electrons. The summed E-state index contributed by atoms with van der Waals surface area (Å²) in [5.41, 5.74) is 1.36. The zero-order chi connectivity index (χ0) is 12.6. The first kappa shape index (κ1) is 13.4. The fourth-order valence-corrected chi connectivity index (χ4v) is 2.02. The van der Waals surface area contributed by atoms with Gasteiger partial charge in [-0.15, -0.1) is 0 Å². The van der Waals surface area contributed by atoms with Gasteiger partial charge < -0.3 is 14.2 Å². The average molecular weight is 250 g/mol. The summed E-state index contributed by atoms with van der Waals surface area (Å²) < 4.78 is 16.6. The predicted molar refractivity (Wildman–Crippen MR) is 70.9 cm³/mol. The maximum absolute atomic E-state index is 5.68. The quantitative estimate of drug-likeness (QED) is 0.776. The van der Waals surface area contributed by atoms with E-state index in [0.717, 1.165) is 38.2 Å². The standard InChI is InChI=1S/C15H22O3/c1-2-4-13-5-7-14(8-6-13)16-12-9-15-17-10-3-11-18-15/h5-8,15H,2-4,9-12H2,1H3. The molecule has 1 aromatic carbocycles. The number of ether oxygens (including phenoxy) is 3. The zero-order valence-electron chi connectivity index (χ0n) is 11.1. The van der Waals surface area contributed by atoms with Crippen LogP contribution in [0.3, 0.4) is 0 Å². The fraction of sp³-hybridized carbons (Fsp3) is 0.600. The summed E-state index contributed by atoms with van der Waals surface area (Å²) in [6, 6.07) is 8.33. The second-order valence-electron chi connectivity index (χ2n) is 4.56. The van der Waals surface area contributed by atoms with Crippen molar-refractivity contribution in [2.24, 2.45) is 0 Å². The van der Waals surface area contributed by atoms with Crippen molar-refractivity contribution < 1.29 is 14.2 Å². The Morgan fingerprint density at radius 2 is 1.89 bits per heavy atom. The lowest BCUT2D eigenvalue weighted by atomic mass is 10.1. The molecule has 1 heterocycles. The fourth-order valence-electron chi connectivity index (χ4n) is 2.02. The van der Waals surface area contributed by atoms with Gasteiger partial charge in [-0.05, 0) is 30.5 Å². The molecule has 0 spiro atoms. The molecule has 1 aromatic rings. The Morgan fingerprint density at radius 3 is 2.56 bits per heavy atom. The SMILES string of the molecule is CCCc1ccc(OCCC2OCCCO2)cc1. The van der Waals surface area contributed by atoms with E-state index in [1.807, 2.05) is 12.1 Å². The molecule has 18 heavy (non-hydrogen) atoms. The topological polar surface area (TPSA) is 27.7 Å². The Bertz CT molecular complexity index is 328. The second-order valence-corrected chi connectivity index (χ2v) is 4.56. The summed E-state index contributed by atoms with van der Waals surface area (Å²) in [4.78, 5) is 0. The molecule has 0 aliphatic carbocycles. The lowest BCUT2D eigenvalue weighted by molar-refractivity contribution is -0.183. The molecule has 3 heteroatoms. The first-order valence-electron chi connectivity index (χ1n) is 6.83. The van der Waals surface area contributed by atoms with Crippen molar-refractivity contribution in [1.82, 2.24) is 0 Å². The van der Waals surface area contributed by atoms with Gasteiger partial charge in [-0.1, -0.05) is 25.5 Å². The lowest BCUT2D eigenvalue weighted by Crippen LogP contribution is -2.26. The molecule has 0 N–H and O–H groups in total. The van der Waals surface area contributed by atoms with Crippen molar-refractivity contribution >= 4 is 0 Å². The average Bonchev–Trinajstić information content (AvgIpc) is 2.42. The molecule has 0 bridgehead atoms. The van der Waals surface area contributed by atoms with E-state index < -0.39 is 0 Å². The minimum absolute atomic E-state index is 0.0851. The molecule has 0 unspecified atom stereocenters. The van der Waals surface area contributed by atoms with Crippen LogP contribution in [0.5, 0.6) is 5.75 Å². The molecule has 0 amide bonds. The van der Waals surface area contributed by atoms with Gasteiger partial charge in [0.05, 0.1) is 19.8 Å². The molecule has 1 aliphatic heterocycles. The highest BCUT2D eigenvalue weighted by Crippen LogP contribution is 2.15. The summed E-state index contributed by atoms with van der Waals surface area (Å²) in [5, 5.41) is 0. The van der Waals surface area contributed by atoms with Crippen molar-refractivity contribution in [3.8, 4) is 5.75 Å². The third-order valence-corrected chi connectivity index (χ3v) is 2.98. The van der Waals surface area contributed by atoms with E-state index in [4.69, 9.17) is 14.2 Å². The van der Waals surface area contributed by atoms with Crippen molar-refractivity contribution in [3.63, 3.8) is 0 Å². The van der Waals surface area contributed by atoms with Crippen molar-refractivity contribution in [1.29, 1.82) is 0 Å². The van der Waals surface area contributed by atoms with Crippen molar-refractivity contribution in [2.75, 3.05) is 19.8 Å². The highest BCUT2D eigenvalue weighted by atomic mass is 16.7. The van der Waals surface area contributed by atoms with Crippen molar-refractivity contribution in [3.05, 3.63) is 29.8 Å². The van der Waals surface area contributed by atoms with Crippen molar-refractivity contribution in [2.45, 2.75) is 38.9 Å². The van der Waals surface area contributed by atoms with Crippen LogP contribution in [0.4, 0.5) is 0 Å². The summed E-state index contributed by atoms with van der Waals surface area (Å²) in [7, 11) is 0. The van der Waals surface area contributed by atoms with Gasteiger partial charge in [-0.2, -0.15) is 0 Å². The Kier molecular flexibility index (Phi) is 5.49. The molecule has 0 atom stereocenters. The van der Waals surface area contributed by atoms with Crippen LogP contribution in [-0.2, 0) is 15.9 Å². The lowest BCUT2D eigenvalue weighted by Gasteiger charge is -2.23. The van der Waals surface area contributed by atoms with E-state index in [0.29, 0.717) is 6.61 Å². The van der Waals surface area contributed by atoms with Gasteiger partial charge in [-0.3, -0.25) is 0 Å². The molecule has 2 rings (SSSR count). The summed E-state index contributed by atoms with van der Waals surface area (Å²) in [6.45, 7) is 4.43. The third kappa shape index (κ3) is 4.31. The van der Waals surface area contributed by atoms with Gasteiger partial charge in [0, 0.05) is 6.42 Å². The normalized spacial score (nSPS) is 16.7. The Balaban J connectivity index is 1.69. The van der Waals surface area contributed by atoms with Crippen LogP contribution in [0.15, 0.2) is 24.3 Å². The number of hydrogen-bond donors (Lipinski definition) is 0. The number of benzene rings is 1. The van der Waals surface area contributed by atoms with Gasteiger partial charge in [-0.25, -0.2) is 0 Å². The molecule has 0 saturated carbocycles. The Morgan fingerprint density at radius 1 is 1.17 bits per heavy atom. The minimum Gasteiger partial charge on any atom is -0.493 e. The van der Waals surface area contributed by atoms with Crippen LogP contribution in [0.2, 0.25) is 0 Å². The molecule has 1 fully saturated rings. The largest absolute Gasteiger partial charge is 0.493 e. The molecule has 3 nitrogen and oxygen atoms in total. The molecule has 1 saturated heterocycles. The van der Waals surface area contributed by atoms with Gasteiger partial charge in [0.2, 0.25) is 0 Å². The summed E-state index contributed by atoms with van der Waals surface area (Å²) in [5.74, 6) is 0.922. The number of hydrogen-bond acceptors (Lipinski definition) is 3. The van der Waals surface area contributed by atoms with Gasteiger partial charge in [0.1, 0.15) is 5.75 Å². The third-order valence-electron chi connectivity index (χ3n) is 2.98. The summed E-state index contributed by atoms with van der Waals surface area (Å²) in [6.07, 6.45) is 4.01. The zero-order valence-corrected chi connectivity index (χ0v) is 11.1. The van der Waals surface area contributed by atoms with Crippen LogP contribution >= 0.6 is 0 Å². The van der Waals surface area contributed by atoms with E-state index in [1.54, 1.807) is 0 Å². The van der Waals surface area contributed by atoms with Crippen LogP contribution in [0.1, 0.15) is 31.7 Å².